The van der Waals surface area contributed by atoms with Crippen molar-refractivity contribution in [1.82, 2.24) is 5.32 Å². The summed E-state index contributed by atoms with van der Waals surface area (Å²) in [4.78, 5) is 38.2. The maximum atomic E-state index is 13.0. The van der Waals surface area contributed by atoms with Gasteiger partial charge in [-0.3, -0.25) is 19.7 Å². The molecule has 2 aromatic rings. The Morgan fingerprint density at radius 3 is 2.18 bits per heavy atom. The van der Waals surface area contributed by atoms with E-state index in [-0.39, 0.29) is 40.2 Å². The number of benzene rings is 2. The van der Waals surface area contributed by atoms with Crippen LogP contribution in [0, 0.1) is 16.0 Å². The van der Waals surface area contributed by atoms with E-state index in [4.69, 9.17) is 0 Å². The smallest absolute Gasteiger partial charge is 0.293 e. The van der Waals surface area contributed by atoms with Crippen LogP contribution in [0.2, 0.25) is 0 Å². The van der Waals surface area contributed by atoms with Crippen LogP contribution in [0.1, 0.15) is 47.1 Å². The molecule has 0 spiro atoms. The molecule has 0 aliphatic heterocycles. The van der Waals surface area contributed by atoms with Crippen molar-refractivity contribution in [3.63, 3.8) is 0 Å². The Morgan fingerprint density at radius 1 is 1.04 bits per heavy atom. The third-order valence-electron chi connectivity index (χ3n) is 4.69. The van der Waals surface area contributed by atoms with Crippen molar-refractivity contribution in [3.05, 3.63) is 69.3 Å². The lowest BCUT2D eigenvalue weighted by atomic mass is 9.96. The minimum Gasteiger partial charge on any atom is -0.372 e. The first-order valence-corrected chi connectivity index (χ1v) is 9.03. The zero-order valence-corrected chi connectivity index (χ0v) is 16.7. The third-order valence-corrected chi connectivity index (χ3v) is 4.69. The van der Waals surface area contributed by atoms with Crippen molar-refractivity contribution in [1.29, 1.82) is 0 Å². The van der Waals surface area contributed by atoms with Crippen LogP contribution in [-0.4, -0.2) is 36.8 Å². The quantitative estimate of drug-likeness (QED) is 0.447. The maximum Gasteiger partial charge on any atom is 0.293 e. The van der Waals surface area contributed by atoms with Gasteiger partial charge in [0.2, 0.25) is 0 Å². The molecule has 0 aliphatic rings. The number of hydrogen-bond acceptors (Lipinski definition) is 5. The number of anilines is 1. The summed E-state index contributed by atoms with van der Waals surface area (Å²) in [6.07, 6.45) is 0. The monoisotopic (exact) mass is 383 g/mol. The molecular formula is C21H25N3O4. The molecule has 2 aromatic carbocycles. The van der Waals surface area contributed by atoms with Crippen LogP contribution in [0.4, 0.5) is 11.4 Å². The highest BCUT2D eigenvalue weighted by molar-refractivity contribution is 6.15. The summed E-state index contributed by atoms with van der Waals surface area (Å²) in [7, 11) is 3.39. The van der Waals surface area contributed by atoms with Gasteiger partial charge in [-0.05, 0) is 31.0 Å². The molecule has 0 fully saturated rings. The first-order valence-electron chi connectivity index (χ1n) is 9.03. The van der Waals surface area contributed by atoms with Crippen LogP contribution in [0.15, 0.2) is 42.5 Å². The number of nitrogens with one attached hydrogen (secondary N) is 1. The van der Waals surface area contributed by atoms with Crippen LogP contribution in [0.25, 0.3) is 0 Å². The second-order valence-electron chi connectivity index (χ2n) is 7.24. The summed E-state index contributed by atoms with van der Waals surface area (Å²) in [5, 5.41) is 14.3. The average molecular weight is 383 g/mol. The molecule has 2 rings (SSSR count). The Morgan fingerprint density at radius 2 is 1.64 bits per heavy atom. The molecule has 1 amide bonds. The van der Waals surface area contributed by atoms with E-state index in [1.165, 1.54) is 18.2 Å². The highest BCUT2D eigenvalue weighted by atomic mass is 16.6. The SMILES string of the molecule is CC(C)C(C)NC(=O)c1ccccc1C(=O)c1ccc(N(C)C)c([N+](=O)[O-])c1. The van der Waals surface area contributed by atoms with E-state index in [1.807, 2.05) is 20.8 Å². The van der Waals surface area contributed by atoms with Gasteiger partial charge in [0.15, 0.2) is 5.78 Å². The summed E-state index contributed by atoms with van der Waals surface area (Å²) in [5.41, 5.74) is 0.862. The number of rotatable bonds is 7. The molecular weight excluding hydrogens is 358 g/mol. The number of nitro benzene ring substituents is 1. The largest absolute Gasteiger partial charge is 0.372 e. The van der Waals surface area contributed by atoms with Gasteiger partial charge in [-0.15, -0.1) is 0 Å². The van der Waals surface area contributed by atoms with Gasteiger partial charge in [0, 0.05) is 37.3 Å². The first-order chi connectivity index (χ1) is 13.1. The first kappa shape index (κ1) is 21.1. The number of nitro groups is 1. The molecule has 0 bridgehead atoms. The number of carbonyl (C=O) groups is 2. The number of hydrogen-bond donors (Lipinski definition) is 1. The van der Waals surface area contributed by atoms with Crippen molar-refractivity contribution in [2.45, 2.75) is 26.8 Å². The van der Waals surface area contributed by atoms with E-state index < -0.39 is 10.7 Å². The van der Waals surface area contributed by atoms with Gasteiger partial charge in [-0.2, -0.15) is 0 Å². The summed E-state index contributed by atoms with van der Waals surface area (Å²) >= 11 is 0. The van der Waals surface area contributed by atoms with Crippen LogP contribution in [-0.2, 0) is 0 Å². The Kier molecular flexibility index (Phi) is 6.51. The lowest BCUT2D eigenvalue weighted by molar-refractivity contribution is -0.384. The molecule has 0 radical (unpaired) electrons. The van der Waals surface area contributed by atoms with Crippen molar-refractivity contribution in [2.75, 3.05) is 19.0 Å². The highest BCUT2D eigenvalue weighted by Crippen LogP contribution is 2.29. The predicted molar refractivity (Wildman–Crippen MR) is 109 cm³/mol. The molecule has 0 aliphatic carbocycles. The molecule has 0 saturated heterocycles. The molecule has 28 heavy (non-hydrogen) atoms. The highest BCUT2D eigenvalue weighted by Gasteiger charge is 2.23. The summed E-state index contributed by atoms with van der Waals surface area (Å²) in [5.74, 6) is -0.533. The molecule has 148 valence electrons. The van der Waals surface area contributed by atoms with Crippen molar-refractivity contribution in [3.8, 4) is 0 Å². The number of nitrogens with zero attached hydrogens (tertiary/aromatic N) is 2. The van der Waals surface area contributed by atoms with Crippen LogP contribution in [0.5, 0.6) is 0 Å². The summed E-state index contributed by atoms with van der Waals surface area (Å²) in [6.45, 7) is 5.89. The Hall–Kier alpha value is -3.22. The van der Waals surface area contributed by atoms with Crippen molar-refractivity contribution >= 4 is 23.1 Å². The minimum atomic E-state index is -0.519. The van der Waals surface area contributed by atoms with E-state index in [9.17, 15) is 19.7 Å². The van der Waals surface area contributed by atoms with Crippen LogP contribution >= 0.6 is 0 Å². The molecule has 0 aromatic heterocycles. The molecule has 7 nitrogen and oxygen atoms in total. The lowest BCUT2D eigenvalue weighted by Gasteiger charge is -2.18. The van der Waals surface area contributed by atoms with Gasteiger partial charge in [0.25, 0.3) is 11.6 Å². The molecule has 1 N–H and O–H groups in total. The van der Waals surface area contributed by atoms with Gasteiger partial charge < -0.3 is 10.2 Å². The predicted octanol–water partition coefficient (Wildman–Crippen LogP) is 3.67. The fourth-order valence-electron chi connectivity index (χ4n) is 2.67. The summed E-state index contributed by atoms with van der Waals surface area (Å²) in [6, 6.07) is 10.8. The second-order valence-corrected chi connectivity index (χ2v) is 7.24. The topological polar surface area (TPSA) is 92.6 Å². The van der Waals surface area contributed by atoms with Crippen LogP contribution < -0.4 is 10.2 Å². The van der Waals surface area contributed by atoms with E-state index in [0.29, 0.717) is 5.69 Å². The zero-order chi connectivity index (χ0) is 21.0. The van der Waals surface area contributed by atoms with Crippen molar-refractivity contribution in [2.24, 2.45) is 5.92 Å². The van der Waals surface area contributed by atoms with E-state index in [1.54, 1.807) is 43.3 Å². The van der Waals surface area contributed by atoms with E-state index in [0.717, 1.165) is 0 Å². The van der Waals surface area contributed by atoms with E-state index >= 15 is 0 Å². The van der Waals surface area contributed by atoms with Gasteiger partial charge >= 0.3 is 0 Å². The number of amides is 1. The van der Waals surface area contributed by atoms with Gasteiger partial charge in [-0.1, -0.05) is 32.0 Å². The Bertz CT molecular complexity index is 906. The zero-order valence-electron chi connectivity index (χ0n) is 16.7. The fourth-order valence-corrected chi connectivity index (χ4v) is 2.67. The standard InChI is InChI=1S/C21H25N3O4/c1-13(2)14(3)22-21(26)17-9-7-6-8-16(17)20(25)15-10-11-18(23(4)5)19(12-15)24(27)28/h6-14H,1-5H3,(H,22,26). The lowest BCUT2D eigenvalue weighted by Crippen LogP contribution is -2.36. The fraction of sp³-hybridized carbons (Fsp3) is 0.333. The molecule has 1 atom stereocenters. The third kappa shape index (κ3) is 4.54. The van der Waals surface area contributed by atoms with Gasteiger partial charge in [0.05, 0.1) is 10.5 Å². The number of ketones is 1. The van der Waals surface area contributed by atoms with Crippen molar-refractivity contribution < 1.29 is 14.5 Å². The van der Waals surface area contributed by atoms with E-state index in [2.05, 4.69) is 5.32 Å². The molecule has 7 heteroatoms. The van der Waals surface area contributed by atoms with Gasteiger partial charge in [-0.25, -0.2) is 0 Å². The normalized spacial score (nSPS) is 11.8. The molecule has 0 heterocycles. The van der Waals surface area contributed by atoms with Crippen LogP contribution in [0.3, 0.4) is 0 Å². The second kappa shape index (κ2) is 8.65. The Balaban J connectivity index is 2.44. The molecule has 0 saturated carbocycles. The minimum absolute atomic E-state index is 0.0591. The maximum absolute atomic E-state index is 13.0. The average Bonchev–Trinajstić information content (AvgIpc) is 2.66. The number of carbonyl (C=O) groups excluding carboxylic acids is 2. The molecule has 1 unspecified atom stereocenters. The Labute approximate surface area is 164 Å². The summed E-state index contributed by atoms with van der Waals surface area (Å²) < 4.78 is 0. The van der Waals surface area contributed by atoms with Gasteiger partial charge in [0.1, 0.15) is 5.69 Å².